The second-order valence-corrected chi connectivity index (χ2v) is 6.62. The van der Waals surface area contributed by atoms with Gasteiger partial charge in [0.15, 0.2) is 0 Å². The first kappa shape index (κ1) is 17.5. The van der Waals surface area contributed by atoms with Crippen molar-refractivity contribution in [1.82, 2.24) is 14.9 Å². The normalized spacial score (nSPS) is 10.9. The zero-order chi connectivity index (χ0) is 16.7. The highest BCUT2D eigenvalue weighted by molar-refractivity contribution is 7.99. The van der Waals surface area contributed by atoms with E-state index in [1.54, 1.807) is 6.92 Å². The monoisotopic (exact) mass is 333 g/mol. The van der Waals surface area contributed by atoms with Crippen LogP contribution in [0.5, 0.6) is 0 Å². The first-order valence-corrected chi connectivity index (χ1v) is 9.09. The van der Waals surface area contributed by atoms with E-state index < -0.39 is 0 Å². The molecule has 0 spiro atoms. The van der Waals surface area contributed by atoms with Crippen molar-refractivity contribution in [2.24, 2.45) is 0 Å². The second kappa shape index (κ2) is 8.72. The molecule has 5 nitrogen and oxygen atoms in total. The molecule has 0 aliphatic heterocycles. The third-order valence-corrected chi connectivity index (χ3v) is 4.73. The number of fused-ring (bicyclic) bond motifs is 1. The van der Waals surface area contributed by atoms with E-state index in [4.69, 9.17) is 0 Å². The van der Waals surface area contributed by atoms with Crippen molar-refractivity contribution in [1.29, 1.82) is 0 Å². The molecule has 0 atom stereocenters. The van der Waals surface area contributed by atoms with Crippen LogP contribution in [-0.4, -0.2) is 33.5 Å². The molecule has 23 heavy (non-hydrogen) atoms. The summed E-state index contributed by atoms with van der Waals surface area (Å²) in [7, 11) is 0. The highest BCUT2D eigenvalue weighted by Crippen LogP contribution is 2.09. The summed E-state index contributed by atoms with van der Waals surface area (Å²) in [6.45, 7) is 4.51. The van der Waals surface area contributed by atoms with Crippen LogP contribution < -0.4 is 10.9 Å². The average Bonchev–Trinajstić information content (AvgIpc) is 2.55. The molecule has 1 amide bonds. The van der Waals surface area contributed by atoms with Crippen LogP contribution in [0.25, 0.3) is 11.0 Å². The molecule has 2 aromatic rings. The molecule has 0 unspecified atom stereocenters. The van der Waals surface area contributed by atoms with E-state index in [-0.39, 0.29) is 18.0 Å². The number of amides is 1. The van der Waals surface area contributed by atoms with Crippen LogP contribution in [0.4, 0.5) is 0 Å². The number of carbonyl (C=O) groups excluding carboxylic acids is 1. The number of thioether (sulfide) groups is 1. The summed E-state index contributed by atoms with van der Waals surface area (Å²) in [5.41, 5.74) is 1.62. The molecule has 6 heteroatoms. The van der Waals surface area contributed by atoms with Gasteiger partial charge in [-0.25, -0.2) is 4.98 Å². The van der Waals surface area contributed by atoms with E-state index in [1.807, 2.05) is 36.0 Å². The fraction of sp³-hybridized carbons (Fsp3) is 0.471. The van der Waals surface area contributed by atoms with Gasteiger partial charge < -0.3 is 5.32 Å². The molecule has 0 radical (unpaired) electrons. The zero-order valence-corrected chi connectivity index (χ0v) is 14.5. The lowest BCUT2D eigenvalue weighted by atomic mass is 10.2. The summed E-state index contributed by atoms with van der Waals surface area (Å²) >= 11 is 1.90. The van der Waals surface area contributed by atoms with Crippen LogP contribution in [0.15, 0.2) is 29.1 Å². The lowest BCUT2D eigenvalue weighted by Crippen LogP contribution is -2.34. The lowest BCUT2D eigenvalue weighted by Gasteiger charge is -2.11. The fourth-order valence-corrected chi connectivity index (χ4v) is 3.17. The Bertz CT molecular complexity index is 727. The van der Waals surface area contributed by atoms with E-state index >= 15 is 0 Å². The van der Waals surface area contributed by atoms with Gasteiger partial charge in [0.05, 0.1) is 11.0 Å². The number of hydrogen-bond donors (Lipinski definition) is 1. The van der Waals surface area contributed by atoms with Gasteiger partial charge in [-0.1, -0.05) is 19.1 Å². The zero-order valence-electron chi connectivity index (χ0n) is 13.7. The first-order chi connectivity index (χ1) is 11.1. The van der Waals surface area contributed by atoms with E-state index in [0.717, 1.165) is 23.4 Å². The number of aromatic nitrogens is 2. The summed E-state index contributed by atoms with van der Waals surface area (Å²) in [4.78, 5) is 28.7. The smallest absolute Gasteiger partial charge is 0.272 e. The van der Waals surface area contributed by atoms with Crippen LogP contribution in [0.1, 0.15) is 25.5 Å². The minimum Gasteiger partial charge on any atom is -0.355 e. The predicted octanol–water partition coefficient (Wildman–Crippen LogP) is 2.35. The molecule has 1 heterocycles. The van der Waals surface area contributed by atoms with Crippen molar-refractivity contribution in [2.45, 2.75) is 33.2 Å². The summed E-state index contributed by atoms with van der Waals surface area (Å²) in [6.07, 6.45) is 2.12. The standard InChI is InChI=1S/C17H23N3O2S/c1-3-10-23-11-6-9-18-16(21)12-20-15-8-5-4-7-14(15)19-13(2)17(20)22/h4-5,7-8H,3,6,9-12H2,1-2H3,(H,18,21). The van der Waals surface area contributed by atoms with Crippen molar-refractivity contribution in [3.63, 3.8) is 0 Å². The molecule has 0 aliphatic rings. The van der Waals surface area contributed by atoms with Gasteiger partial charge in [-0.2, -0.15) is 11.8 Å². The molecular weight excluding hydrogens is 310 g/mol. The lowest BCUT2D eigenvalue weighted by molar-refractivity contribution is -0.121. The Morgan fingerprint density at radius 2 is 2.09 bits per heavy atom. The molecule has 0 saturated heterocycles. The highest BCUT2D eigenvalue weighted by Gasteiger charge is 2.10. The van der Waals surface area contributed by atoms with Gasteiger partial charge in [-0.15, -0.1) is 0 Å². The van der Waals surface area contributed by atoms with Gasteiger partial charge >= 0.3 is 0 Å². The van der Waals surface area contributed by atoms with Crippen molar-refractivity contribution in [3.8, 4) is 0 Å². The number of para-hydroxylation sites is 2. The van der Waals surface area contributed by atoms with E-state index in [0.29, 0.717) is 17.8 Å². The number of carbonyl (C=O) groups is 1. The molecule has 0 bridgehead atoms. The van der Waals surface area contributed by atoms with E-state index in [9.17, 15) is 9.59 Å². The van der Waals surface area contributed by atoms with Crippen LogP contribution in [-0.2, 0) is 11.3 Å². The molecular formula is C17H23N3O2S. The van der Waals surface area contributed by atoms with Crippen molar-refractivity contribution in [2.75, 3.05) is 18.1 Å². The van der Waals surface area contributed by atoms with Crippen molar-refractivity contribution < 1.29 is 4.79 Å². The number of hydrogen-bond acceptors (Lipinski definition) is 4. The Labute approximate surface area is 140 Å². The quantitative estimate of drug-likeness (QED) is 0.753. The predicted molar refractivity (Wildman–Crippen MR) is 96.0 cm³/mol. The number of nitrogens with one attached hydrogen (secondary N) is 1. The van der Waals surface area contributed by atoms with Crippen LogP contribution in [0.3, 0.4) is 0 Å². The van der Waals surface area contributed by atoms with E-state index in [1.165, 1.54) is 11.0 Å². The molecule has 2 rings (SSSR count). The molecule has 1 aromatic carbocycles. The molecule has 0 aliphatic carbocycles. The highest BCUT2D eigenvalue weighted by atomic mass is 32.2. The molecule has 1 aromatic heterocycles. The Balaban J connectivity index is 2.00. The third kappa shape index (κ3) is 4.82. The number of aryl methyl sites for hydroxylation is 1. The first-order valence-electron chi connectivity index (χ1n) is 7.94. The summed E-state index contributed by atoms with van der Waals surface area (Å²) in [6, 6.07) is 7.38. The summed E-state index contributed by atoms with van der Waals surface area (Å²) in [5, 5.41) is 2.89. The maximum atomic E-state index is 12.3. The van der Waals surface area contributed by atoms with Gasteiger partial charge in [0, 0.05) is 6.54 Å². The van der Waals surface area contributed by atoms with Gasteiger partial charge in [0.1, 0.15) is 12.2 Å². The largest absolute Gasteiger partial charge is 0.355 e. The number of benzene rings is 1. The maximum Gasteiger partial charge on any atom is 0.272 e. The van der Waals surface area contributed by atoms with E-state index in [2.05, 4.69) is 17.2 Å². The summed E-state index contributed by atoms with van der Waals surface area (Å²) < 4.78 is 1.50. The fourth-order valence-electron chi connectivity index (χ4n) is 2.33. The van der Waals surface area contributed by atoms with Crippen LogP contribution in [0.2, 0.25) is 0 Å². The minimum atomic E-state index is -0.211. The van der Waals surface area contributed by atoms with Crippen molar-refractivity contribution >= 4 is 28.7 Å². The minimum absolute atomic E-state index is 0.0325. The molecule has 1 N–H and O–H groups in total. The average molecular weight is 333 g/mol. The second-order valence-electron chi connectivity index (χ2n) is 5.39. The molecule has 124 valence electrons. The number of nitrogens with zero attached hydrogens (tertiary/aromatic N) is 2. The van der Waals surface area contributed by atoms with Gasteiger partial charge in [0.25, 0.3) is 5.56 Å². The van der Waals surface area contributed by atoms with Gasteiger partial charge in [-0.3, -0.25) is 14.2 Å². The SMILES string of the molecule is CCCSCCCNC(=O)Cn1c(=O)c(C)nc2ccccc21. The maximum absolute atomic E-state index is 12.3. The Morgan fingerprint density at radius 1 is 1.30 bits per heavy atom. The number of rotatable bonds is 8. The Hall–Kier alpha value is -1.82. The van der Waals surface area contributed by atoms with Crippen LogP contribution in [0, 0.1) is 6.92 Å². The summed E-state index contributed by atoms with van der Waals surface area (Å²) in [5.74, 6) is 2.07. The molecule has 0 fully saturated rings. The van der Waals surface area contributed by atoms with Gasteiger partial charge in [0.2, 0.25) is 5.91 Å². The third-order valence-electron chi connectivity index (χ3n) is 3.45. The topological polar surface area (TPSA) is 64.0 Å². The van der Waals surface area contributed by atoms with Crippen LogP contribution >= 0.6 is 11.8 Å². The Kier molecular flexibility index (Phi) is 6.65. The van der Waals surface area contributed by atoms with Gasteiger partial charge in [-0.05, 0) is 43.4 Å². The molecule has 0 saturated carbocycles. The van der Waals surface area contributed by atoms with Crippen molar-refractivity contribution in [3.05, 3.63) is 40.3 Å². The Morgan fingerprint density at radius 3 is 2.87 bits per heavy atom.